The van der Waals surface area contributed by atoms with E-state index in [9.17, 15) is 9.59 Å². The lowest BCUT2D eigenvalue weighted by Gasteiger charge is -2.16. The maximum absolute atomic E-state index is 12.1. The molecule has 1 aromatic heterocycles. The zero-order valence-corrected chi connectivity index (χ0v) is 17.4. The number of quaternary nitrogens is 1. The van der Waals surface area contributed by atoms with Gasteiger partial charge >= 0.3 is 0 Å². The van der Waals surface area contributed by atoms with Crippen LogP contribution in [0.5, 0.6) is 11.5 Å². The van der Waals surface area contributed by atoms with Crippen molar-refractivity contribution in [3.8, 4) is 11.5 Å². The highest BCUT2D eigenvalue weighted by atomic mass is 32.1. The summed E-state index contributed by atoms with van der Waals surface area (Å²) in [6, 6.07) is 5.72. The second kappa shape index (κ2) is 10.6. The lowest BCUT2D eigenvalue weighted by Crippen LogP contribution is -3.09. The quantitative estimate of drug-likeness (QED) is 0.519. The molecular formula is C19H27N4O4S+. The first kappa shape index (κ1) is 21.6. The average molecular weight is 408 g/mol. The Morgan fingerprint density at radius 2 is 1.96 bits per heavy atom. The standard InChI is InChI=1S/C19H26N4O4S/c1-5-27-15-7-6-14(8-16(15)26-4)10-23(3)11-18(25)22-21-17(24)9-19-20-13(2)12-28-19/h6-8,12H,5,9-11H2,1-4H3,(H,21,24)(H,22,25)/p+1. The predicted octanol–water partition coefficient (Wildman–Crippen LogP) is 0.264. The summed E-state index contributed by atoms with van der Waals surface area (Å²) in [6.45, 7) is 5.20. The van der Waals surface area contributed by atoms with Gasteiger partial charge in [-0.05, 0) is 32.0 Å². The van der Waals surface area contributed by atoms with Crippen LogP contribution in [0.15, 0.2) is 23.6 Å². The molecule has 9 heteroatoms. The Morgan fingerprint density at radius 1 is 1.21 bits per heavy atom. The Bertz CT molecular complexity index is 809. The summed E-state index contributed by atoms with van der Waals surface area (Å²) < 4.78 is 10.9. The van der Waals surface area contributed by atoms with Gasteiger partial charge in [-0.15, -0.1) is 11.3 Å². The molecule has 1 aromatic carbocycles. The van der Waals surface area contributed by atoms with Crippen molar-refractivity contribution in [1.29, 1.82) is 0 Å². The second-order valence-corrected chi connectivity index (χ2v) is 7.33. The molecule has 3 N–H and O–H groups in total. The summed E-state index contributed by atoms with van der Waals surface area (Å²) in [5.74, 6) is 0.805. The van der Waals surface area contributed by atoms with E-state index in [-0.39, 0.29) is 24.8 Å². The van der Waals surface area contributed by atoms with E-state index in [2.05, 4.69) is 15.8 Å². The fraction of sp³-hybridized carbons (Fsp3) is 0.421. The first-order valence-corrected chi connectivity index (χ1v) is 9.89. The van der Waals surface area contributed by atoms with Gasteiger partial charge in [0.2, 0.25) is 5.91 Å². The molecule has 0 spiro atoms. The third-order valence-corrected chi connectivity index (χ3v) is 4.78. The molecule has 1 unspecified atom stereocenters. The van der Waals surface area contributed by atoms with Crippen molar-refractivity contribution < 1.29 is 24.0 Å². The number of aryl methyl sites for hydroxylation is 1. The van der Waals surface area contributed by atoms with E-state index in [1.54, 1.807) is 7.11 Å². The number of hydrogen-bond donors (Lipinski definition) is 3. The minimum Gasteiger partial charge on any atom is -0.493 e. The molecule has 2 aromatic rings. The first-order chi connectivity index (χ1) is 13.4. The fourth-order valence-electron chi connectivity index (χ4n) is 2.63. The van der Waals surface area contributed by atoms with Gasteiger partial charge in [-0.1, -0.05) is 0 Å². The van der Waals surface area contributed by atoms with Gasteiger partial charge in [-0.2, -0.15) is 0 Å². The van der Waals surface area contributed by atoms with E-state index in [1.165, 1.54) is 11.3 Å². The van der Waals surface area contributed by atoms with Gasteiger partial charge in [0.25, 0.3) is 5.91 Å². The maximum Gasteiger partial charge on any atom is 0.293 e. The number of carbonyl (C=O) groups excluding carboxylic acids is 2. The molecule has 0 fully saturated rings. The highest BCUT2D eigenvalue weighted by Crippen LogP contribution is 2.27. The summed E-state index contributed by atoms with van der Waals surface area (Å²) in [7, 11) is 3.50. The number of methoxy groups -OCH3 is 1. The molecule has 0 bridgehead atoms. The zero-order chi connectivity index (χ0) is 20.5. The molecule has 0 aliphatic rings. The summed E-state index contributed by atoms with van der Waals surface area (Å²) in [6.07, 6.45) is 0.146. The van der Waals surface area contributed by atoms with Crippen LogP contribution in [0, 0.1) is 6.92 Å². The number of ether oxygens (including phenoxy) is 2. The molecule has 8 nitrogen and oxygen atoms in total. The maximum atomic E-state index is 12.1. The highest BCUT2D eigenvalue weighted by molar-refractivity contribution is 7.09. The molecular weight excluding hydrogens is 380 g/mol. The van der Waals surface area contributed by atoms with Crippen molar-refractivity contribution in [3.05, 3.63) is 39.8 Å². The molecule has 2 amide bonds. The van der Waals surface area contributed by atoms with Crippen LogP contribution in [0.25, 0.3) is 0 Å². The minimum absolute atomic E-state index is 0.146. The molecule has 0 saturated carbocycles. The van der Waals surface area contributed by atoms with Crippen molar-refractivity contribution in [2.45, 2.75) is 26.8 Å². The van der Waals surface area contributed by atoms with Crippen LogP contribution >= 0.6 is 11.3 Å². The van der Waals surface area contributed by atoms with Crippen molar-refractivity contribution in [3.63, 3.8) is 0 Å². The molecule has 0 aliphatic carbocycles. The number of nitrogens with zero attached hydrogens (tertiary/aromatic N) is 1. The number of rotatable bonds is 9. The summed E-state index contributed by atoms with van der Waals surface area (Å²) in [5.41, 5.74) is 6.78. The Hall–Kier alpha value is -2.65. The van der Waals surface area contributed by atoms with Gasteiger partial charge in [0.05, 0.1) is 27.2 Å². The smallest absolute Gasteiger partial charge is 0.293 e. The fourth-order valence-corrected chi connectivity index (χ4v) is 3.40. The normalized spacial score (nSPS) is 11.6. The van der Waals surface area contributed by atoms with E-state index >= 15 is 0 Å². The molecule has 2 rings (SSSR count). The molecule has 1 heterocycles. The topological polar surface area (TPSA) is 94.0 Å². The zero-order valence-electron chi connectivity index (χ0n) is 16.6. The van der Waals surface area contributed by atoms with E-state index in [0.29, 0.717) is 24.7 Å². The van der Waals surface area contributed by atoms with E-state index in [0.717, 1.165) is 21.2 Å². The number of thiazole rings is 1. The number of nitrogens with one attached hydrogen (secondary N) is 3. The number of benzene rings is 1. The van der Waals surface area contributed by atoms with Crippen molar-refractivity contribution >= 4 is 23.2 Å². The van der Waals surface area contributed by atoms with Crippen molar-refractivity contribution in [2.24, 2.45) is 0 Å². The Balaban J connectivity index is 1.78. The van der Waals surface area contributed by atoms with Crippen LogP contribution in [0.1, 0.15) is 23.2 Å². The minimum atomic E-state index is -0.295. The lowest BCUT2D eigenvalue weighted by molar-refractivity contribution is -0.885. The SMILES string of the molecule is CCOc1ccc(C[NH+](C)CC(=O)NNC(=O)Cc2nc(C)cs2)cc1OC. The van der Waals surface area contributed by atoms with Crippen molar-refractivity contribution in [2.75, 3.05) is 27.3 Å². The van der Waals surface area contributed by atoms with E-state index < -0.39 is 0 Å². The Kier molecular flexibility index (Phi) is 8.21. The summed E-state index contributed by atoms with van der Waals surface area (Å²) in [4.78, 5) is 29.1. The lowest BCUT2D eigenvalue weighted by atomic mass is 10.2. The largest absolute Gasteiger partial charge is 0.493 e. The average Bonchev–Trinajstić information content (AvgIpc) is 3.06. The van der Waals surface area contributed by atoms with Crippen LogP contribution in [0.2, 0.25) is 0 Å². The van der Waals surface area contributed by atoms with Crippen LogP contribution in [-0.2, 0) is 22.6 Å². The Morgan fingerprint density at radius 3 is 2.61 bits per heavy atom. The Labute approximate surface area is 168 Å². The monoisotopic (exact) mass is 407 g/mol. The number of hydrogen-bond acceptors (Lipinski definition) is 6. The van der Waals surface area contributed by atoms with Gasteiger partial charge in [0.1, 0.15) is 11.6 Å². The van der Waals surface area contributed by atoms with Gasteiger partial charge in [0, 0.05) is 16.6 Å². The van der Waals surface area contributed by atoms with Crippen LogP contribution in [0.3, 0.4) is 0 Å². The summed E-state index contributed by atoms with van der Waals surface area (Å²) in [5, 5.41) is 2.60. The number of aromatic nitrogens is 1. The third kappa shape index (κ3) is 6.82. The van der Waals surface area contributed by atoms with Crippen LogP contribution in [0.4, 0.5) is 0 Å². The number of likely N-dealkylation sites (N-methyl/N-ethyl adjacent to an activating group) is 1. The molecule has 0 aliphatic heterocycles. The predicted molar refractivity (Wildman–Crippen MR) is 106 cm³/mol. The van der Waals surface area contributed by atoms with Crippen LogP contribution < -0.4 is 25.2 Å². The first-order valence-electron chi connectivity index (χ1n) is 9.01. The summed E-state index contributed by atoms with van der Waals surface area (Å²) >= 11 is 1.42. The van der Waals surface area contributed by atoms with Crippen molar-refractivity contribution in [1.82, 2.24) is 15.8 Å². The number of carbonyl (C=O) groups is 2. The van der Waals surface area contributed by atoms with Gasteiger partial charge in [-0.3, -0.25) is 20.4 Å². The molecule has 28 heavy (non-hydrogen) atoms. The highest BCUT2D eigenvalue weighted by Gasteiger charge is 2.14. The van der Waals surface area contributed by atoms with E-state index in [4.69, 9.17) is 9.47 Å². The van der Waals surface area contributed by atoms with Crippen LogP contribution in [-0.4, -0.2) is 44.1 Å². The molecule has 1 atom stereocenters. The van der Waals surface area contributed by atoms with Gasteiger partial charge in [0.15, 0.2) is 18.0 Å². The van der Waals surface area contributed by atoms with Gasteiger partial charge in [-0.25, -0.2) is 4.98 Å². The number of amides is 2. The number of hydrazine groups is 1. The molecule has 152 valence electrons. The van der Waals surface area contributed by atoms with Gasteiger partial charge < -0.3 is 14.4 Å². The molecule has 0 radical (unpaired) electrons. The van der Waals surface area contributed by atoms with E-state index in [1.807, 2.05) is 44.5 Å². The second-order valence-electron chi connectivity index (χ2n) is 6.38. The molecule has 0 saturated heterocycles. The third-order valence-electron chi connectivity index (χ3n) is 3.82.